The van der Waals surface area contributed by atoms with Gasteiger partial charge in [0.15, 0.2) is 5.78 Å². The largest absolute Gasteiger partial charge is 0.489 e. The van der Waals surface area contributed by atoms with E-state index in [9.17, 15) is 4.79 Å². The second kappa shape index (κ2) is 10.3. The molecule has 1 unspecified atom stereocenters. The Morgan fingerprint density at radius 2 is 2.00 bits per heavy atom. The van der Waals surface area contributed by atoms with Crippen molar-refractivity contribution in [1.82, 2.24) is 14.8 Å². The van der Waals surface area contributed by atoms with Crippen molar-refractivity contribution in [3.63, 3.8) is 0 Å². The van der Waals surface area contributed by atoms with Gasteiger partial charge in [-0.05, 0) is 48.4 Å². The molecule has 8 heteroatoms. The Kier molecular flexibility index (Phi) is 6.95. The van der Waals surface area contributed by atoms with Gasteiger partial charge in [0.2, 0.25) is 5.88 Å². The summed E-state index contributed by atoms with van der Waals surface area (Å²) in [6, 6.07) is 12.1. The van der Waals surface area contributed by atoms with Crippen LogP contribution in [0.1, 0.15) is 54.4 Å². The third-order valence-corrected chi connectivity index (χ3v) is 7.25. The number of Topliss-reactive ketones (excluding diaryl/α,β-unsaturated/α-hetero) is 1. The molecule has 2 atom stereocenters. The number of ketones is 1. The lowest BCUT2D eigenvalue weighted by Gasteiger charge is -2.20. The fourth-order valence-electron chi connectivity index (χ4n) is 4.40. The minimum atomic E-state index is -0.000757. The van der Waals surface area contributed by atoms with Crippen LogP contribution in [0.5, 0.6) is 11.6 Å². The molecule has 1 saturated carbocycles. The fourth-order valence-corrected chi connectivity index (χ4v) is 4.60. The van der Waals surface area contributed by atoms with Gasteiger partial charge >= 0.3 is 0 Å². The molecular weight excluding hydrogens is 464 g/mol. The van der Waals surface area contributed by atoms with Crippen molar-refractivity contribution in [3.05, 3.63) is 65.1 Å². The van der Waals surface area contributed by atoms with E-state index in [1.165, 1.54) is 23.7 Å². The number of aromatic nitrogens is 3. The lowest BCUT2D eigenvalue weighted by Crippen LogP contribution is -2.24. The number of pyridine rings is 1. The molecule has 0 spiro atoms. The average molecular weight is 495 g/mol. The fraction of sp³-hybridized carbons (Fsp3) is 0.444. The van der Waals surface area contributed by atoms with Crippen LogP contribution in [-0.4, -0.2) is 46.3 Å². The van der Waals surface area contributed by atoms with Gasteiger partial charge in [0.1, 0.15) is 17.0 Å². The molecule has 2 aliphatic rings. The number of nitrogens with zero attached hydrogens (tertiary/aromatic N) is 4. The smallest absolute Gasteiger partial charge is 0.215 e. The number of ether oxygens (including phenoxy) is 2. The van der Waals surface area contributed by atoms with Crippen LogP contribution in [0, 0.1) is 5.92 Å². The third-order valence-electron chi connectivity index (χ3n) is 6.80. The molecule has 2 aromatic heterocycles. The molecule has 0 amide bonds. The molecule has 184 valence electrons. The second-order valence-electron chi connectivity index (χ2n) is 9.65. The summed E-state index contributed by atoms with van der Waals surface area (Å²) >= 11 is 6.17. The first kappa shape index (κ1) is 23.7. The van der Waals surface area contributed by atoms with E-state index in [1.54, 1.807) is 7.05 Å². The summed E-state index contributed by atoms with van der Waals surface area (Å²) in [6.07, 6.45) is 7.34. The zero-order valence-corrected chi connectivity index (χ0v) is 20.9. The van der Waals surface area contributed by atoms with Crippen LogP contribution in [0.3, 0.4) is 0 Å². The zero-order chi connectivity index (χ0) is 24.4. The Labute approximate surface area is 211 Å². The van der Waals surface area contributed by atoms with Crippen LogP contribution in [-0.2, 0) is 7.05 Å². The van der Waals surface area contributed by atoms with Crippen LogP contribution < -0.4 is 14.4 Å². The first-order valence-corrected chi connectivity index (χ1v) is 12.6. The minimum Gasteiger partial charge on any atom is -0.489 e. The van der Waals surface area contributed by atoms with Crippen LogP contribution >= 0.6 is 11.6 Å². The SMILES string of the molecule is C[C@H](CC(=O)c1cnn(C)c1Cl)c1ccc(OC2CCN(c3ccnc(OCC4CC4)c3)C2)cc1. The molecule has 0 radical (unpaired) electrons. The van der Waals surface area contributed by atoms with Gasteiger partial charge in [-0.2, -0.15) is 5.10 Å². The van der Waals surface area contributed by atoms with E-state index in [1.807, 2.05) is 49.5 Å². The standard InChI is InChI=1S/C27H31ClN4O3/c1-18(13-25(33)24-15-30-31(2)27(24)28)20-5-7-22(8-6-20)35-23-10-12-32(16-23)21-9-11-29-26(14-21)34-17-19-3-4-19/h5-9,11,14-15,18-19,23H,3-4,10,12-13,16-17H2,1-2H3/t18-,23?/m1/s1. The van der Waals surface area contributed by atoms with E-state index < -0.39 is 0 Å². The number of carbonyl (C=O) groups excluding carboxylic acids is 1. The van der Waals surface area contributed by atoms with E-state index >= 15 is 0 Å². The molecule has 1 aromatic carbocycles. The molecule has 0 bridgehead atoms. The highest BCUT2D eigenvalue weighted by atomic mass is 35.5. The van der Waals surface area contributed by atoms with Crippen LogP contribution in [0.2, 0.25) is 5.15 Å². The first-order chi connectivity index (χ1) is 17.0. The Morgan fingerprint density at radius 1 is 1.20 bits per heavy atom. The number of aryl methyl sites for hydroxylation is 1. The van der Waals surface area contributed by atoms with Gasteiger partial charge in [-0.25, -0.2) is 4.98 Å². The summed E-state index contributed by atoms with van der Waals surface area (Å²) in [5, 5.41) is 4.44. The summed E-state index contributed by atoms with van der Waals surface area (Å²) in [5.41, 5.74) is 2.69. The predicted molar refractivity (Wildman–Crippen MR) is 136 cm³/mol. The summed E-state index contributed by atoms with van der Waals surface area (Å²) in [6.45, 7) is 4.57. The van der Waals surface area contributed by atoms with Crippen molar-refractivity contribution in [3.8, 4) is 11.6 Å². The normalized spacial score (nSPS) is 18.5. The maximum atomic E-state index is 12.6. The second-order valence-corrected chi connectivity index (χ2v) is 10.0. The maximum Gasteiger partial charge on any atom is 0.215 e. The Morgan fingerprint density at radius 3 is 2.71 bits per heavy atom. The highest BCUT2D eigenvalue weighted by Gasteiger charge is 2.26. The first-order valence-electron chi connectivity index (χ1n) is 12.3. The third kappa shape index (κ3) is 5.78. The summed E-state index contributed by atoms with van der Waals surface area (Å²) in [7, 11) is 1.73. The quantitative estimate of drug-likeness (QED) is 0.357. The van der Waals surface area contributed by atoms with Crippen molar-refractivity contribution < 1.29 is 14.3 Å². The minimum absolute atomic E-state index is 0.000757. The number of hydrogen-bond acceptors (Lipinski definition) is 6. The molecule has 2 fully saturated rings. The van der Waals surface area contributed by atoms with E-state index in [0.29, 0.717) is 28.9 Å². The molecule has 3 aromatic rings. The number of rotatable bonds is 10. The molecule has 3 heterocycles. The molecule has 7 nitrogen and oxygen atoms in total. The number of hydrogen-bond donors (Lipinski definition) is 0. The van der Waals surface area contributed by atoms with E-state index in [2.05, 4.69) is 15.0 Å². The topological polar surface area (TPSA) is 69.5 Å². The van der Waals surface area contributed by atoms with E-state index in [0.717, 1.165) is 43.1 Å². The van der Waals surface area contributed by atoms with Gasteiger partial charge in [-0.1, -0.05) is 30.7 Å². The van der Waals surface area contributed by atoms with Gasteiger partial charge in [-0.15, -0.1) is 0 Å². The van der Waals surface area contributed by atoms with Crippen LogP contribution in [0.15, 0.2) is 48.8 Å². The van der Waals surface area contributed by atoms with Crippen molar-refractivity contribution in [2.75, 3.05) is 24.6 Å². The molecule has 1 aliphatic heterocycles. The van der Waals surface area contributed by atoms with Gasteiger partial charge in [0.05, 0.1) is 24.9 Å². The van der Waals surface area contributed by atoms with Crippen molar-refractivity contribution in [1.29, 1.82) is 0 Å². The van der Waals surface area contributed by atoms with Crippen molar-refractivity contribution in [2.45, 2.75) is 44.6 Å². The van der Waals surface area contributed by atoms with E-state index in [-0.39, 0.29) is 17.8 Å². The van der Waals surface area contributed by atoms with Gasteiger partial charge in [0, 0.05) is 44.4 Å². The summed E-state index contributed by atoms with van der Waals surface area (Å²) < 4.78 is 13.6. The average Bonchev–Trinajstić information content (AvgIpc) is 3.48. The Balaban J connectivity index is 1.13. The molecule has 5 rings (SSSR count). The summed E-state index contributed by atoms with van der Waals surface area (Å²) in [4.78, 5) is 19.3. The van der Waals surface area contributed by atoms with Gasteiger partial charge < -0.3 is 14.4 Å². The van der Waals surface area contributed by atoms with Crippen molar-refractivity contribution in [2.24, 2.45) is 13.0 Å². The highest BCUT2D eigenvalue weighted by molar-refractivity contribution is 6.32. The zero-order valence-electron chi connectivity index (χ0n) is 20.2. The lowest BCUT2D eigenvalue weighted by atomic mass is 9.94. The molecule has 35 heavy (non-hydrogen) atoms. The van der Waals surface area contributed by atoms with Gasteiger partial charge in [-0.3, -0.25) is 9.48 Å². The lowest BCUT2D eigenvalue weighted by molar-refractivity contribution is 0.0975. The van der Waals surface area contributed by atoms with Crippen LogP contribution in [0.25, 0.3) is 0 Å². The maximum absolute atomic E-state index is 12.6. The molecular formula is C27H31ClN4O3. The monoisotopic (exact) mass is 494 g/mol. The highest BCUT2D eigenvalue weighted by Crippen LogP contribution is 2.31. The Hall–Kier alpha value is -3.06. The molecule has 1 saturated heterocycles. The number of carbonyl (C=O) groups is 1. The molecule has 0 N–H and O–H groups in total. The van der Waals surface area contributed by atoms with Crippen molar-refractivity contribution >= 4 is 23.1 Å². The predicted octanol–water partition coefficient (Wildman–Crippen LogP) is 5.29. The number of benzene rings is 1. The Bertz CT molecular complexity index is 1180. The van der Waals surface area contributed by atoms with Gasteiger partial charge in [0.25, 0.3) is 0 Å². The number of halogens is 1. The molecule has 1 aliphatic carbocycles. The van der Waals surface area contributed by atoms with E-state index in [4.69, 9.17) is 21.1 Å². The van der Waals surface area contributed by atoms with Crippen LogP contribution in [0.4, 0.5) is 5.69 Å². The summed E-state index contributed by atoms with van der Waals surface area (Å²) in [5.74, 6) is 2.32. The number of anilines is 1.